The Bertz CT molecular complexity index is 997. The van der Waals surface area contributed by atoms with Crippen LogP contribution in [0.5, 0.6) is 0 Å². The number of urea groups is 1. The second-order valence-corrected chi connectivity index (χ2v) is 5.16. The normalized spacial score (nSPS) is 10.2. The average molecular weight is 355 g/mol. The minimum atomic E-state index is -0.661. The third-order valence-electron chi connectivity index (χ3n) is 3.32. The van der Waals surface area contributed by atoms with E-state index in [1.807, 2.05) is 0 Å². The molecule has 2 amide bonds. The zero-order valence-electron chi connectivity index (χ0n) is 13.2. The molecule has 130 valence electrons. The molecule has 0 saturated heterocycles. The smallest absolute Gasteiger partial charge is 0.324 e. The largest absolute Gasteiger partial charge is 0.403 e. The monoisotopic (exact) mass is 355 g/mol. The van der Waals surface area contributed by atoms with Gasteiger partial charge in [0.25, 0.3) is 0 Å². The van der Waals surface area contributed by atoms with Gasteiger partial charge in [0.15, 0.2) is 0 Å². The van der Waals surface area contributed by atoms with Gasteiger partial charge in [0.05, 0.1) is 5.56 Å². The van der Waals surface area contributed by atoms with Gasteiger partial charge in [-0.2, -0.15) is 5.26 Å². The summed E-state index contributed by atoms with van der Waals surface area (Å²) in [6, 6.07) is 10.4. The van der Waals surface area contributed by atoms with Crippen LogP contribution in [0.25, 0.3) is 11.5 Å². The molecule has 3 aromatic rings. The van der Waals surface area contributed by atoms with Crippen molar-refractivity contribution in [1.82, 2.24) is 15.5 Å². The van der Waals surface area contributed by atoms with Crippen molar-refractivity contribution in [1.29, 1.82) is 5.26 Å². The van der Waals surface area contributed by atoms with Crippen molar-refractivity contribution < 1.29 is 18.0 Å². The van der Waals surface area contributed by atoms with E-state index in [1.54, 1.807) is 12.1 Å². The van der Waals surface area contributed by atoms with Crippen molar-refractivity contribution >= 4 is 12.0 Å². The highest BCUT2D eigenvalue weighted by atomic mass is 19.1. The Morgan fingerprint density at radius 3 is 2.81 bits per heavy atom. The predicted molar refractivity (Wildman–Crippen MR) is 86.7 cm³/mol. The van der Waals surface area contributed by atoms with Crippen molar-refractivity contribution in [2.75, 3.05) is 5.32 Å². The highest BCUT2D eigenvalue weighted by Gasteiger charge is 2.13. The van der Waals surface area contributed by atoms with Crippen LogP contribution in [-0.2, 0) is 6.54 Å². The standard InChI is InChI=1S/C17H11F2N5O2/c18-13-3-1-2-10(6-13)9-21-16(25)22-17-24-23-15(26-17)11-4-5-14(19)12(7-11)8-20/h1-7H,9H2,(H2,21,22,24,25). The van der Waals surface area contributed by atoms with E-state index in [2.05, 4.69) is 20.8 Å². The predicted octanol–water partition coefficient (Wildman–Crippen LogP) is 3.21. The first-order valence-corrected chi connectivity index (χ1v) is 7.38. The van der Waals surface area contributed by atoms with E-state index in [4.69, 9.17) is 9.68 Å². The summed E-state index contributed by atoms with van der Waals surface area (Å²) in [6.45, 7) is 0.105. The van der Waals surface area contributed by atoms with Crippen LogP contribution in [0.15, 0.2) is 46.9 Å². The maximum absolute atomic E-state index is 13.3. The highest BCUT2D eigenvalue weighted by molar-refractivity contribution is 5.86. The Labute approximate surface area is 146 Å². The van der Waals surface area contributed by atoms with Crippen LogP contribution in [0.2, 0.25) is 0 Å². The van der Waals surface area contributed by atoms with Crippen LogP contribution in [0, 0.1) is 23.0 Å². The second-order valence-electron chi connectivity index (χ2n) is 5.16. The Kier molecular flexibility index (Phi) is 4.85. The van der Waals surface area contributed by atoms with Gasteiger partial charge in [-0.1, -0.05) is 17.2 Å². The van der Waals surface area contributed by atoms with Crippen LogP contribution >= 0.6 is 0 Å². The molecule has 0 aliphatic carbocycles. The maximum Gasteiger partial charge on any atom is 0.324 e. The van der Waals surface area contributed by atoms with Crippen LogP contribution in [0.1, 0.15) is 11.1 Å². The number of amides is 2. The summed E-state index contributed by atoms with van der Waals surface area (Å²) in [7, 11) is 0. The molecule has 0 spiro atoms. The Hall–Kier alpha value is -3.80. The van der Waals surface area contributed by atoms with Crippen molar-refractivity contribution in [3.8, 4) is 17.5 Å². The van der Waals surface area contributed by atoms with Gasteiger partial charge in [0, 0.05) is 12.1 Å². The highest BCUT2D eigenvalue weighted by Crippen LogP contribution is 2.22. The Balaban J connectivity index is 1.63. The van der Waals surface area contributed by atoms with Crippen LogP contribution in [0.4, 0.5) is 19.6 Å². The number of anilines is 1. The number of carbonyl (C=O) groups is 1. The zero-order chi connectivity index (χ0) is 18.5. The number of aromatic nitrogens is 2. The van der Waals surface area contributed by atoms with Crippen LogP contribution < -0.4 is 10.6 Å². The van der Waals surface area contributed by atoms with Gasteiger partial charge in [-0.15, -0.1) is 5.10 Å². The van der Waals surface area contributed by atoms with Crippen molar-refractivity contribution in [2.24, 2.45) is 0 Å². The van der Waals surface area contributed by atoms with Crippen molar-refractivity contribution in [2.45, 2.75) is 6.54 Å². The van der Waals surface area contributed by atoms with Gasteiger partial charge in [0.1, 0.15) is 17.7 Å². The van der Waals surface area contributed by atoms with Gasteiger partial charge >= 0.3 is 12.0 Å². The molecule has 0 atom stereocenters. The molecule has 0 fully saturated rings. The molecule has 0 bridgehead atoms. The summed E-state index contributed by atoms with van der Waals surface area (Å²) in [5, 5.41) is 21.1. The van der Waals surface area contributed by atoms with Gasteiger partial charge in [-0.25, -0.2) is 13.6 Å². The van der Waals surface area contributed by atoms with Crippen molar-refractivity contribution in [3.63, 3.8) is 0 Å². The number of nitrogens with one attached hydrogen (secondary N) is 2. The molecular weight excluding hydrogens is 344 g/mol. The van der Waals surface area contributed by atoms with E-state index in [-0.39, 0.29) is 24.0 Å². The molecule has 0 radical (unpaired) electrons. The Morgan fingerprint density at radius 1 is 1.19 bits per heavy atom. The van der Waals surface area contributed by atoms with E-state index >= 15 is 0 Å². The van der Waals surface area contributed by atoms with Gasteiger partial charge in [-0.3, -0.25) is 5.32 Å². The first-order valence-electron chi connectivity index (χ1n) is 7.38. The molecule has 0 saturated carbocycles. The number of nitriles is 1. The van der Waals surface area contributed by atoms with Gasteiger partial charge in [-0.05, 0) is 35.9 Å². The van der Waals surface area contributed by atoms with Gasteiger partial charge < -0.3 is 9.73 Å². The molecule has 2 N–H and O–H groups in total. The molecule has 0 aliphatic rings. The second kappa shape index (κ2) is 7.40. The molecule has 2 aromatic carbocycles. The quantitative estimate of drug-likeness (QED) is 0.748. The number of halogens is 2. The number of rotatable bonds is 4. The van der Waals surface area contributed by atoms with E-state index in [1.165, 1.54) is 30.3 Å². The first kappa shape index (κ1) is 17.0. The number of nitrogens with zero attached hydrogens (tertiary/aromatic N) is 3. The maximum atomic E-state index is 13.3. The third kappa shape index (κ3) is 3.99. The molecule has 0 unspecified atom stereocenters. The number of hydrogen-bond donors (Lipinski definition) is 2. The minimum Gasteiger partial charge on any atom is -0.403 e. The molecule has 9 heteroatoms. The number of carbonyl (C=O) groups excluding carboxylic acids is 1. The topological polar surface area (TPSA) is 104 Å². The molecule has 7 nitrogen and oxygen atoms in total. The number of hydrogen-bond acceptors (Lipinski definition) is 5. The zero-order valence-corrected chi connectivity index (χ0v) is 13.2. The molecular formula is C17H11F2N5O2. The van der Waals surface area contributed by atoms with E-state index in [9.17, 15) is 13.6 Å². The summed E-state index contributed by atoms with van der Waals surface area (Å²) >= 11 is 0. The summed E-state index contributed by atoms with van der Waals surface area (Å²) in [6.07, 6.45) is 0. The molecule has 26 heavy (non-hydrogen) atoms. The third-order valence-corrected chi connectivity index (χ3v) is 3.32. The molecule has 1 aromatic heterocycles. The van der Waals surface area contributed by atoms with E-state index < -0.39 is 17.7 Å². The summed E-state index contributed by atoms with van der Waals surface area (Å²) in [4.78, 5) is 11.8. The minimum absolute atomic E-state index is 0.0157. The summed E-state index contributed by atoms with van der Waals surface area (Å²) in [5.74, 6) is -1.05. The molecule has 1 heterocycles. The molecule has 0 aliphatic heterocycles. The lowest BCUT2D eigenvalue weighted by atomic mass is 10.1. The fourth-order valence-electron chi connectivity index (χ4n) is 2.10. The van der Waals surface area contributed by atoms with Crippen LogP contribution in [-0.4, -0.2) is 16.2 Å². The van der Waals surface area contributed by atoms with Crippen molar-refractivity contribution in [3.05, 3.63) is 65.2 Å². The summed E-state index contributed by atoms with van der Waals surface area (Å²) < 4.78 is 31.7. The number of benzene rings is 2. The fourth-order valence-corrected chi connectivity index (χ4v) is 2.10. The lowest BCUT2D eigenvalue weighted by Crippen LogP contribution is -2.28. The van der Waals surface area contributed by atoms with E-state index in [0.717, 1.165) is 6.07 Å². The van der Waals surface area contributed by atoms with Crippen LogP contribution in [0.3, 0.4) is 0 Å². The fraction of sp³-hybridized carbons (Fsp3) is 0.0588. The SMILES string of the molecule is N#Cc1cc(-c2nnc(NC(=O)NCc3cccc(F)c3)o2)ccc1F. The lowest BCUT2D eigenvalue weighted by Gasteiger charge is -2.04. The van der Waals surface area contributed by atoms with E-state index in [0.29, 0.717) is 11.1 Å². The summed E-state index contributed by atoms with van der Waals surface area (Å²) in [5.41, 5.74) is 0.758. The molecule has 3 rings (SSSR count). The lowest BCUT2D eigenvalue weighted by molar-refractivity contribution is 0.251. The Morgan fingerprint density at radius 2 is 2.04 bits per heavy atom. The first-order chi connectivity index (χ1) is 12.5. The van der Waals surface area contributed by atoms with Gasteiger partial charge in [0.2, 0.25) is 5.89 Å². The average Bonchev–Trinajstić information content (AvgIpc) is 3.09.